The summed E-state index contributed by atoms with van der Waals surface area (Å²) in [5.41, 5.74) is 1.43. The van der Waals surface area contributed by atoms with Crippen LogP contribution in [0.1, 0.15) is 29.3 Å². The summed E-state index contributed by atoms with van der Waals surface area (Å²) in [5.74, 6) is -0.973. The van der Waals surface area contributed by atoms with Crippen molar-refractivity contribution in [3.63, 3.8) is 0 Å². The zero-order valence-corrected chi connectivity index (χ0v) is 12.4. The van der Waals surface area contributed by atoms with Crippen molar-refractivity contribution in [2.75, 3.05) is 19.0 Å². The first-order valence-corrected chi connectivity index (χ1v) is 6.89. The molecule has 1 aromatic rings. The molecule has 21 heavy (non-hydrogen) atoms. The van der Waals surface area contributed by atoms with Gasteiger partial charge in [-0.3, -0.25) is 0 Å². The van der Waals surface area contributed by atoms with E-state index in [4.69, 9.17) is 9.84 Å². The summed E-state index contributed by atoms with van der Waals surface area (Å²) >= 11 is 0. The van der Waals surface area contributed by atoms with Gasteiger partial charge in [0.15, 0.2) is 0 Å². The van der Waals surface area contributed by atoms with E-state index in [1.54, 1.807) is 31.0 Å². The van der Waals surface area contributed by atoms with Gasteiger partial charge < -0.3 is 20.1 Å². The second-order valence-electron chi connectivity index (χ2n) is 5.31. The summed E-state index contributed by atoms with van der Waals surface area (Å²) < 4.78 is 5.46. The summed E-state index contributed by atoms with van der Waals surface area (Å²) in [5, 5.41) is 11.8. The molecular formula is C15H20N2O4. The van der Waals surface area contributed by atoms with E-state index >= 15 is 0 Å². The fourth-order valence-electron chi connectivity index (χ4n) is 2.57. The number of benzene rings is 1. The number of nitrogens with one attached hydrogen (secondary N) is 1. The number of hydrogen-bond donors (Lipinski definition) is 2. The summed E-state index contributed by atoms with van der Waals surface area (Å²) in [4.78, 5) is 24.8. The zero-order valence-electron chi connectivity index (χ0n) is 12.4. The summed E-state index contributed by atoms with van der Waals surface area (Å²) in [6.07, 6.45) is 0.846. The van der Waals surface area contributed by atoms with Crippen LogP contribution in [0.25, 0.3) is 0 Å². The normalized spacial score (nSPS) is 21.1. The minimum absolute atomic E-state index is 0.0249. The fourth-order valence-corrected chi connectivity index (χ4v) is 2.57. The van der Waals surface area contributed by atoms with Crippen LogP contribution in [-0.4, -0.2) is 47.8 Å². The first kappa shape index (κ1) is 15.3. The molecule has 1 heterocycles. The van der Waals surface area contributed by atoms with Gasteiger partial charge in [-0.05, 0) is 44.0 Å². The molecule has 2 atom stereocenters. The van der Waals surface area contributed by atoms with Crippen molar-refractivity contribution in [1.29, 1.82) is 0 Å². The molecule has 2 rings (SSSR count). The van der Waals surface area contributed by atoms with Crippen LogP contribution in [0.2, 0.25) is 0 Å². The lowest BCUT2D eigenvalue weighted by molar-refractivity contribution is 0.0696. The van der Waals surface area contributed by atoms with Crippen LogP contribution in [0.5, 0.6) is 0 Å². The maximum absolute atomic E-state index is 12.2. The van der Waals surface area contributed by atoms with Crippen molar-refractivity contribution in [2.24, 2.45) is 0 Å². The van der Waals surface area contributed by atoms with Gasteiger partial charge in [-0.15, -0.1) is 0 Å². The van der Waals surface area contributed by atoms with Gasteiger partial charge in [-0.2, -0.15) is 0 Å². The van der Waals surface area contributed by atoms with Gasteiger partial charge in [-0.25, -0.2) is 9.59 Å². The third-order valence-corrected chi connectivity index (χ3v) is 3.86. The Kier molecular flexibility index (Phi) is 4.47. The van der Waals surface area contributed by atoms with Crippen LogP contribution in [0.15, 0.2) is 18.2 Å². The molecule has 1 aromatic carbocycles. The highest BCUT2D eigenvalue weighted by Gasteiger charge is 2.30. The predicted octanol–water partition coefficient (Wildman–Crippen LogP) is 2.33. The average Bonchev–Trinajstić information content (AvgIpc) is 2.83. The first-order valence-electron chi connectivity index (χ1n) is 6.89. The third-order valence-electron chi connectivity index (χ3n) is 3.86. The Morgan fingerprint density at radius 3 is 2.67 bits per heavy atom. The number of urea groups is 1. The number of ether oxygens (including phenoxy) is 1. The number of carboxylic acids is 1. The topological polar surface area (TPSA) is 78.9 Å². The number of aromatic carboxylic acids is 1. The Morgan fingerprint density at radius 1 is 1.43 bits per heavy atom. The van der Waals surface area contributed by atoms with Gasteiger partial charge >= 0.3 is 12.0 Å². The molecular weight excluding hydrogens is 272 g/mol. The molecule has 0 aliphatic carbocycles. The monoisotopic (exact) mass is 292 g/mol. The summed E-state index contributed by atoms with van der Waals surface area (Å²) in [7, 11) is 1.74. The molecule has 0 bridgehead atoms. The highest BCUT2D eigenvalue weighted by atomic mass is 16.5. The van der Waals surface area contributed by atoms with Gasteiger partial charge in [0, 0.05) is 19.3 Å². The van der Waals surface area contributed by atoms with Crippen molar-refractivity contribution in [2.45, 2.75) is 32.4 Å². The van der Waals surface area contributed by atoms with Gasteiger partial charge in [-0.1, -0.05) is 0 Å². The van der Waals surface area contributed by atoms with E-state index in [2.05, 4.69) is 5.32 Å². The average molecular weight is 292 g/mol. The maximum atomic E-state index is 12.2. The number of likely N-dealkylation sites (N-methyl/N-ethyl adjacent to an activating group) is 1. The largest absolute Gasteiger partial charge is 0.478 e. The highest BCUT2D eigenvalue weighted by Crippen LogP contribution is 2.20. The minimum Gasteiger partial charge on any atom is -0.478 e. The van der Waals surface area contributed by atoms with E-state index < -0.39 is 5.97 Å². The predicted molar refractivity (Wildman–Crippen MR) is 78.7 cm³/mol. The molecule has 1 aliphatic rings. The van der Waals surface area contributed by atoms with E-state index in [9.17, 15) is 9.59 Å². The lowest BCUT2D eigenvalue weighted by Crippen LogP contribution is -2.43. The maximum Gasteiger partial charge on any atom is 0.335 e. The van der Waals surface area contributed by atoms with Crippen LogP contribution < -0.4 is 5.32 Å². The standard InChI is InChI=1S/C15H20N2O4/c1-9-8-11(4-5-12(9)14(18)19)16-15(20)17(3)13-6-7-21-10(13)2/h4-5,8,10,13H,6-7H2,1-3H3,(H,16,20)(H,18,19). The van der Waals surface area contributed by atoms with Crippen molar-refractivity contribution in [3.05, 3.63) is 29.3 Å². The Bertz CT molecular complexity index is 559. The molecule has 1 aliphatic heterocycles. The molecule has 0 radical (unpaired) electrons. The molecule has 1 saturated heterocycles. The lowest BCUT2D eigenvalue weighted by atomic mass is 10.1. The Morgan fingerprint density at radius 2 is 2.14 bits per heavy atom. The van der Waals surface area contributed by atoms with Gasteiger partial charge in [0.2, 0.25) is 0 Å². The van der Waals surface area contributed by atoms with Gasteiger partial charge in [0.05, 0.1) is 17.7 Å². The SMILES string of the molecule is Cc1cc(NC(=O)N(C)C2CCOC2C)ccc1C(=O)O. The van der Waals surface area contributed by atoms with Crippen molar-refractivity contribution in [3.8, 4) is 0 Å². The molecule has 2 amide bonds. The van der Waals surface area contributed by atoms with E-state index in [0.717, 1.165) is 6.42 Å². The third kappa shape index (κ3) is 3.33. The number of amides is 2. The Hall–Kier alpha value is -2.08. The first-order chi connectivity index (χ1) is 9.90. The van der Waals surface area contributed by atoms with Crippen molar-refractivity contribution >= 4 is 17.7 Å². The Labute approximate surface area is 123 Å². The molecule has 2 unspecified atom stereocenters. The molecule has 0 aromatic heterocycles. The van der Waals surface area contributed by atoms with Crippen LogP contribution in [-0.2, 0) is 4.74 Å². The van der Waals surface area contributed by atoms with E-state index in [1.807, 2.05) is 6.92 Å². The molecule has 2 N–H and O–H groups in total. The quantitative estimate of drug-likeness (QED) is 0.896. The fraction of sp³-hybridized carbons (Fsp3) is 0.467. The van der Waals surface area contributed by atoms with E-state index in [-0.39, 0.29) is 23.7 Å². The number of nitrogens with zero attached hydrogens (tertiary/aromatic N) is 1. The van der Waals surface area contributed by atoms with Crippen LogP contribution >= 0.6 is 0 Å². The second-order valence-corrected chi connectivity index (χ2v) is 5.31. The number of aryl methyl sites for hydroxylation is 1. The zero-order chi connectivity index (χ0) is 15.6. The number of rotatable bonds is 3. The van der Waals surface area contributed by atoms with Crippen molar-refractivity contribution in [1.82, 2.24) is 4.90 Å². The number of carbonyl (C=O) groups excluding carboxylic acids is 1. The van der Waals surface area contributed by atoms with Gasteiger partial charge in [0.1, 0.15) is 0 Å². The van der Waals surface area contributed by atoms with Crippen molar-refractivity contribution < 1.29 is 19.4 Å². The summed E-state index contributed by atoms with van der Waals surface area (Å²) in [6, 6.07) is 4.58. The lowest BCUT2D eigenvalue weighted by Gasteiger charge is -2.27. The van der Waals surface area contributed by atoms with Crippen LogP contribution in [0.4, 0.5) is 10.5 Å². The Balaban J connectivity index is 2.05. The van der Waals surface area contributed by atoms with Crippen LogP contribution in [0, 0.1) is 6.92 Å². The number of anilines is 1. The van der Waals surface area contributed by atoms with E-state index in [0.29, 0.717) is 17.9 Å². The molecule has 114 valence electrons. The molecule has 0 spiro atoms. The number of carboxylic acid groups (broad SMARTS) is 1. The molecule has 6 nitrogen and oxygen atoms in total. The minimum atomic E-state index is -0.973. The van der Waals surface area contributed by atoms with E-state index in [1.165, 1.54) is 6.07 Å². The van der Waals surface area contributed by atoms with Crippen LogP contribution in [0.3, 0.4) is 0 Å². The van der Waals surface area contributed by atoms with Gasteiger partial charge in [0.25, 0.3) is 0 Å². The molecule has 1 fully saturated rings. The number of carbonyl (C=O) groups is 2. The second kappa shape index (κ2) is 6.13. The smallest absolute Gasteiger partial charge is 0.335 e. The molecule has 6 heteroatoms. The summed E-state index contributed by atoms with van der Waals surface area (Å²) in [6.45, 7) is 4.32. The number of hydrogen-bond acceptors (Lipinski definition) is 3. The molecule has 0 saturated carbocycles. The highest BCUT2D eigenvalue weighted by molar-refractivity contribution is 5.92.